The van der Waals surface area contributed by atoms with Gasteiger partial charge < -0.3 is 15.0 Å². The summed E-state index contributed by atoms with van der Waals surface area (Å²) in [4.78, 5) is 53.1. The predicted octanol–water partition coefficient (Wildman–Crippen LogP) is -0.0737. The molecular weight excluding hydrogens is 362 g/mol. The van der Waals surface area contributed by atoms with Crippen molar-refractivity contribution < 1.29 is 34.0 Å². The normalized spacial score (nSPS) is 21.7. The summed E-state index contributed by atoms with van der Waals surface area (Å²) >= 11 is 0. The topological polar surface area (TPSA) is 150 Å². The number of ether oxygens (including phenoxy) is 1. The van der Waals surface area contributed by atoms with Crippen molar-refractivity contribution in [2.75, 3.05) is 19.7 Å². The molecule has 0 aromatic carbocycles. The summed E-state index contributed by atoms with van der Waals surface area (Å²) in [6, 6.07) is -2.36. The molecule has 6 amide bonds. The molecular formula is C15H25N5O7. The van der Waals surface area contributed by atoms with E-state index in [4.69, 9.17) is 9.57 Å². The SMILES string of the molecule is CC(C)(C)OC(=O)NC(=O)NCCONC(=O)[C@@H]1CC[C@H]2CN1C(=O)N2O. The Bertz CT molecular complexity index is 606. The fourth-order valence-electron chi connectivity index (χ4n) is 2.77. The van der Waals surface area contributed by atoms with Gasteiger partial charge in [0, 0.05) is 13.1 Å². The number of imide groups is 1. The van der Waals surface area contributed by atoms with Crippen LogP contribution in [0.2, 0.25) is 0 Å². The summed E-state index contributed by atoms with van der Waals surface area (Å²) in [6.07, 6.45) is 0.0561. The molecule has 27 heavy (non-hydrogen) atoms. The lowest BCUT2D eigenvalue weighted by atomic mass is 10.0. The molecule has 0 unspecified atom stereocenters. The Balaban J connectivity index is 1.61. The number of amides is 6. The molecule has 2 heterocycles. The number of urea groups is 2. The summed E-state index contributed by atoms with van der Waals surface area (Å²) in [7, 11) is 0. The van der Waals surface area contributed by atoms with E-state index in [9.17, 15) is 24.4 Å². The highest BCUT2D eigenvalue weighted by Gasteiger charge is 2.46. The Labute approximate surface area is 156 Å². The molecule has 152 valence electrons. The Kier molecular flexibility index (Phi) is 6.44. The molecule has 2 aliphatic rings. The van der Waals surface area contributed by atoms with E-state index in [-0.39, 0.29) is 19.2 Å². The standard InChI is InChI=1S/C15H25N5O7/c1-15(2,3)27-13(23)17-12(22)16-6-7-26-18-11(21)10-5-4-9-8-19(10)14(24)20(9)25/h9-10,25H,4-8H2,1-3H3,(H,18,21)(H2,16,17,22,23)/t9-,10-/m0/s1. The van der Waals surface area contributed by atoms with Crippen LogP contribution in [-0.4, -0.2) is 76.6 Å². The van der Waals surface area contributed by atoms with Crippen molar-refractivity contribution in [1.29, 1.82) is 0 Å². The van der Waals surface area contributed by atoms with Gasteiger partial charge in [0.1, 0.15) is 11.6 Å². The van der Waals surface area contributed by atoms with Gasteiger partial charge in [-0.15, -0.1) is 0 Å². The average Bonchev–Trinajstić information content (AvgIpc) is 2.77. The van der Waals surface area contributed by atoms with Crippen LogP contribution in [0.5, 0.6) is 0 Å². The van der Waals surface area contributed by atoms with Crippen molar-refractivity contribution >= 4 is 24.1 Å². The van der Waals surface area contributed by atoms with Gasteiger partial charge in [-0.05, 0) is 33.6 Å². The van der Waals surface area contributed by atoms with Gasteiger partial charge >= 0.3 is 18.2 Å². The number of piperidine rings is 1. The number of hydrogen-bond donors (Lipinski definition) is 4. The first kappa shape index (κ1) is 20.7. The summed E-state index contributed by atoms with van der Waals surface area (Å²) in [5.74, 6) is -0.504. The van der Waals surface area contributed by atoms with Gasteiger partial charge in [-0.2, -0.15) is 0 Å². The molecule has 12 heteroatoms. The van der Waals surface area contributed by atoms with Crippen LogP contribution in [0.25, 0.3) is 0 Å². The van der Waals surface area contributed by atoms with Crippen LogP contribution < -0.4 is 16.1 Å². The van der Waals surface area contributed by atoms with Crippen molar-refractivity contribution in [3.8, 4) is 0 Å². The number of fused-ring (bicyclic) bond motifs is 2. The quantitative estimate of drug-likeness (QED) is 0.293. The molecule has 12 nitrogen and oxygen atoms in total. The van der Waals surface area contributed by atoms with Crippen molar-refractivity contribution in [3.05, 3.63) is 0 Å². The second-order valence-corrected chi connectivity index (χ2v) is 7.22. The van der Waals surface area contributed by atoms with E-state index in [1.165, 1.54) is 4.90 Å². The number of alkyl carbamates (subject to hydrolysis) is 1. The highest BCUT2D eigenvalue weighted by Crippen LogP contribution is 2.28. The number of carbonyl (C=O) groups excluding carboxylic acids is 4. The minimum atomic E-state index is -0.877. The second-order valence-electron chi connectivity index (χ2n) is 7.22. The van der Waals surface area contributed by atoms with Gasteiger partial charge in [0.05, 0.1) is 12.6 Å². The molecule has 2 saturated heterocycles. The number of nitrogens with zero attached hydrogens (tertiary/aromatic N) is 2. The van der Waals surface area contributed by atoms with E-state index in [1.54, 1.807) is 20.8 Å². The third kappa shape index (κ3) is 5.69. The van der Waals surface area contributed by atoms with Crippen LogP contribution in [0.3, 0.4) is 0 Å². The smallest absolute Gasteiger partial charge is 0.415 e. The monoisotopic (exact) mass is 387 g/mol. The second kappa shape index (κ2) is 8.39. The number of nitrogens with one attached hydrogen (secondary N) is 3. The molecule has 0 aromatic heterocycles. The lowest BCUT2D eigenvalue weighted by Crippen LogP contribution is -2.50. The lowest BCUT2D eigenvalue weighted by Gasteiger charge is -2.28. The third-order valence-electron chi connectivity index (χ3n) is 3.92. The minimum absolute atomic E-state index is 0.0225. The minimum Gasteiger partial charge on any atom is -0.443 e. The molecule has 2 bridgehead atoms. The molecule has 4 N–H and O–H groups in total. The van der Waals surface area contributed by atoms with Gasteiger partial charge in [0.25, 0.3) is 5.91 Å². The molecule has 0 saturated carbocycles. The first-order valence-corrected chi connectivity index (χ1v) is 8.56. The Morgan fingerprint density at radius 1 is 1.26 bits per heavy atom. The van der Waals surface area contributed by atoms with Crippen molar-refractivity contribution in [3.63, 3.8) is 0 Å². The van der Waals surface area contributed by atoms with Crippen molar-refractivity contribution in [1.82, 2.24) is 26.1 Å². The van der Waals surface area contributed by atoms with Crippen LogP contribution >= 0.6 is 0 Å². The molecule has 0 aromatic rings. The summed E-state index contributed by atoms with van der Waals surface area (Å²) in [6.45, 7) is 5.27. The van der Waals surface area contributed by atoms with E-state index in [1.807, 2.05) is 5.32 Å². The van der Waals surface area contributed by atoms with E-state index >= 15 is 0 Å². The molecule has 2 fully saturated rings. The summed E-state index contributed by atoms with van der Waals surface area (Å²) in [5.41, 5.74) is 1.50. The Morgan fingerprint density at radius 2 is 1.96 bits per heavy atom. The molecule has 0 aliphatic carbocycles. The zero-order valence-electron chi connectivity index (χ0n) is 15.5. The predicted molar refractivity (Wildman–Crippen MR) is 89.4 cm³/mol. The molecule has 0 spiro atoms. The average molecular weight is 387 g/mol. The number of hydrogen-bond acceptors (Lipinski definition) is 7. The van der Waals surface area contributed by atoms with E-state index in [0.717, 1.165) is 0 Å². The van der Waals surface area contributed by atoms with Crippen LogP contribution in [0.4, 0.5) is 14.4 Å². The van der Waals surface area contributed by atoms with Crippen LogP contribution in [0, 0.1) is 0 Å². The van der Waals surface area contributed by atoms with Gasteiger partial charge in [0.2, 0.25) is 0 Å². The molecule has 2 atom stereocenters. The first-order chi connectivity index (χ1) is 12.6. The van der Waals surface area contributed by atoms with Crippen molar-refractivity contribution in [2.24, 2.45) is 0 Å². The maximum Gasteiger partial charge on any atom is 0.415 e. The Morgan fingerprint density at radius 3 is 2.63 bits per heavy atom. The Hall–Kier alpha value is -2.60. The van der Waals surface area contributed by atoms with Gasteiger partial charge in [0.15, 0.2) is 0 Å². The largest absolute Gasteiger partial charge is 0.443 e. The highest BCUT2D eigenvalue weighted by atomic mass is 16.7. The number of rotatable bonds is 5. The maximum absolute atomic E-state index is 12.1. The molecule has 0 radical (unpaired) electrons. The van der Waals surface area contributed by atoms with Crippen molar-refractivity contribution in [2.45, 2.75) is 51.3 Å². The summed E-state index contributed by atoms with van der Waals surface area (Å²) < 4.78 is 4.92. The number of carbonyl (C=O) groups is 4. The molecule has 2 rings (SSSR count). The van der Waals surface area contributed by atoms with E-state index < -0.39 is 35.7 Å². The van der Waals surface area contributed by atoms with Crippen LogP contribution in [0.1, 0.15) is 33.6 Å². The maximum atomic E-state index is 12.1. The fourth-order valence-corrected chi connectivity index (χ4v) is 2.77. The fraction of sp³-hybridized carbons (Fsp3) is 0.733. The third-order valence-corrected chi connectivity index (χ3v) is 3.92. The van der Waals surface area contributed by atoms with Gasteiger partial charge in [-0.1, -0.05) is 0 Å². The van der Waals surface area contributed by atoms with Gasteiger partial charge in [-0.3, -0.25) is 14.8 Å². The number of hydroxylamine groups is 3. The summed E-state index contributed by atoms with van der Waals surface area (Å²) in [5, 5.41) is 14.6. The zero-order valence-corrected chi connectivity index (χ0v) is 15.5. The highest BCUT2D eigenvalue weighted by molar-refractivity contribution is 5.90. The van der Waals surface area contributed by atoms with E-state index in [0.29, 0.717) is 24.4 Å². The van der Waals surface area contributed by atoms with Gasteiger partial charge in [-0.25, -0.2) is 30.2 Å². The first-order valence-electron chi connectivity index (χ1n) is 8.56. The van der Waals surface area contributed by atoms with Crippen LogP contribution in [-0.2, 0) is 14.4 Å². The zero-order chi connectivity index (χ0) is 20.2. The van der Waals surface area contributed by atoms with E-state index in [2.05, 4.69) is 10.8 Å². The van der Waals surface area contributed by atoms with Crippen LogP contribution in [0.15, 0.2) is 0 Å². The lowest BCUT2D eigenvalue weighted by molar-refractivity contribution is -0.138. The molecule has 2 aliphatic heterocycles.